The van der Waals surface area contributed by atoms with E-state index in [0.717, 1.165) is 11.3 Å². The molecule has 114 valence electrons. The molecule has 1 rings (SSSR count). The minimum absolute atomic E-state index is 0.0183. The fraction of sp³-hybridized carbons (Fsp3) is 0.385. The Morgan fingerprint density at radius 3 is 2.38 bits per heavy atom. The van der Waals surface area contributed by atoms with Crippen molar-refractivity contribution in [2.24, 2.45) is 7.05 Å². The summed E-state index contributed by atoms with van der Waals surface area (Å²) in [6.45, 7) is 4.67. The fourth-order valence-electron chi connectivity index (χ4n) is 1.57. The lowest BCUT2D eigenvalue weighted by atomic mass is 10.1. The third kappa shape index (κ3) is 4.44. The molecule has 0 radical (unpaired) electrons. The number of carboxylic acids is 1. The van der Waals surface area contributed by atoms with Gasteiger partial charge in [0, 0.05) is 36.5 Å². The highest BCUT2D eigenvalue weighted by Crippen LogP contribution is 2.04. The molecule has 1 aromatic rings. The van der Waals surface area contributed by atoms with Crippen LogP contribution in [0.2, 0.25) is 0 Å². The zero-order valence-corrected chi connectivity index (χ0v) is 12.4. The maximum Gasteiger partial charge on any atom is 0.331 e. The first kappa shape index (κ1) is 16.4. The van der Waals surface area contributed by atoms with Crippen molar-refractivity contribution in [3.05, 3.63) is 28.6 Å². The summed E-state index contributed by atoms with van der Waals surface area (Å²) in [6.07, 6.45) is 1.76. The van der Waals surface area contributed by atoms with Crippen LogP contribution in [0.15, 0.2) is 17.3 Å². The predicted octanol–water partition coefficient (Wildman–Crippen LogP) is 0.475. The summed E-state index contributed by atoms with van der Waals surface area (Å²) in [7, 11) is 1.77. The largest absolute Gasteiger partial charge is 0.478 e. The van der Waals surface area contributed by atoms with Gasteiger partial charge in [-0.15, -0.1) is 0 Å². The normalized spacial score (nSPS) is 11.6. The fourth-order valence-corrected chi connectivity index (χ4v) is 1.57. The molecular formula is C13H18N4O4. The van der Waals surface area contributed by atoms with E-state index < -0.39 is 17.9 Å². The van der Waals surface area contributed by atoms with Crippen LogP contribution in [0.3, 0.4) is 0 Å². The van der Waals surface area contributed by atoms with Crippen molar-refractivity contribution in [1.82, 2.24) is 20.4 Å². The molecule has 3 amide bonds. The summed E-state index contributed by atoms with van der Waals surface area (Å²) in [5.41, 5.74) is 1.48. The van der Waals surface area contributed by atoms with Gasteiger partial charge in [-0.1, -0.05) is 0 Å². The van der Waals surface area contributed by atoms with E-state index in [0.29, 0.717) is 0 Å². The van der Waals surface area contributed by atoms with E-state index in [-0.39, 0.29) is 17.7 Å². The minimum Gasteiger partial charge on any atom is -0.478 e. The molecule has 0 fully saturated rings. The molecule has 0 saturated heterocycles. The topological polar surface area (TPSA) is 113 Å². The van der Waals surface area contributed by atoms with Crippen LogP contribution in [0.1, 0.15) is 25.1 Å². The Morgan fingerprint density at radius 2 is 1.90 bits per heavy atom. The highest BCUT2D eigenvalue weighted by molar-refractivity contribution is 6.07. The number of imide groups is 1. The van der Waals surface area contributed by atoms with Gasteiger partial charge in [0.15, 0.2) is 0 Å². The van der Waals surface area contributed by atoms with Crippen LogP contribution >= 0.6 is 0 Å². The number of carbonyl (C=O) groups is 3. The Labute approximate surface area is 121 Å². The maximum absolute atomic E-state index is 11.7. The molecule has 0 bridgehead atoms. The minimum atomic E-state index is -1.20. The van der Waals surface area contributed by atoms with Crippen LogP contribution < -0.4 is 10.6 Å². The Kier molecular flexibility index (Phi) is 5.23. The van der Waals surface area contributed by atoms with Crippen LogP contribution in [0.5, 0.6) is 0 Å². The van der Waals surface area contributed by atoms with E-state index in [1.807, 2.05) is 6.92 Å². The average Bonchev–Trinajstić information content (AvgIpc) is 2.72. The molecule has 0 unspecified atom stereocenters. The number of nitrogens with one attached hydrogen (secondary N) is 2. The lowest BCUT2D eigenvalue weighted by molar-refractivity contribution is -0.133. The average molecular weight is 294 g/mol. The summed E-state index contributed by atoms with van der Waals surface area (Å²) in [5, 5.41) is 17.5. The van der Waals surface area contributed by atoms with Gasteiger partial charge in [0.25, 0.3) is 5.91 Å². The molecule has 0 aromatic carbocycles. The van der Waals surface area contributed by atoms with Gasteiger partial charge in [-0.05, 0) is 20.8 Å². The maximum atomic E-state index is 11.7. The number of urea groups is 1. The van der Waals surface area contributed by atoms with Gasteiger partial charge < -0.3 is 10.4 Å². The summed E-state index contributed by atoms with van der Waals surface area (Å²) in [4.78, 5) is 34.0. The lowest BCUT2D eigenvalue weighted by Crippen LogP contribution is -2.39. The van der Waals surface area contributed by atoms with E-state index in [2.05, 4.69) is 15.7 Å². The van der Waals surface area contributed by atoms with Gasteiger partial charge in [-0.2, -0.15) is 5.10 Å². The summed E-state index contributed by atoms with van der Waals surface area (Å²) >= 11 is 0. The monoisotopic (exact) mass is 294 g/mol. The van der Waals surface area contributed by atoms with E-state index in [9.17, 15) is 14.4 Å². The second kappa shape index (κ2) is 6.69. The van der Waals surface area contributed by atoms with Crippen molar-refractivity contribution in [2.45, 2.75) is 27.3 Å². The first-order valence-corrected chi connectivity index (χ1v) is 6.21. The zero-order valence-electron chi connectivity index (χ0n) is 12.4. The molecule has 0 aliphatic heterocycles. The van der Waals surface area contributed by atoms with E-state index in [4.69, 9.17) is 5.11 Å². The molecule has 0 aliphatic carbocycles. The highest BCUT2D eigenvalue weighted by Gasteiger charge is 2.15. The zero-order chi connectivity index (χ0) is 16.2. The summed E-state index contributed by atoms with van der Waals surface area (Å²) in [5.74, 6) is -1.94. The van der Waals surface area contributed by atoms with Crippen molar-refractivity contribution in [1.29, 1.82) is 0 Å². The van der Waals surface area contributed by atoms with Gasteiger partial charge in [0.1, 0.15) is 0 Å². The second-order valence-corrected chi connectivity index (χ2v) is 4.61. The second-order valence-electron chi connectivity index (χ2n) is 4.61. The number of carboxylic acid groups (broad SMARTS) is 1. The molecule has 3 N–H and O–H groups in total. The van der Waals surface area contributed by atoms with E-state index in [1.165, 1.54) is 13.8 Å². The number of carbonyl (C=O) groups excluding carboxylic acids is 2. The van der Waals surface area contributed by atoms with Gasteiger partial charge >= 0.3 is 12.0 Å². The first-order valence-electron chi connectivity index (χ1n) is 6.21. The number of rotatable bonds is 4. The van der Waals surface area contributed by atoms with E-state index >= 15 is 0 Å². The Balaban J connectivity index is 2.58. The van der Waals surface area contributed by atoms with E-state index in [1.54, 1.807) is 17.9 Å². The third-order valence-electron chi connectivity index (χ3n) is 3.01. The molecule has 1 heterocycles. The van der Waals surface area contributed by atoms with Crippen molar-refractivity contribution in [3.63, 3.8) is 0 Å². The smallest absolute Gasteiger partial charge is 0.331 e. The summed E-state index contributed by atoms with van der Waals surface area (Å²) in [6, 6.07) is -0.694. The van der Waals surface area contributed by atoms with Crippen LogP contribution in [0.4, 0.5) is 4.79 Å². The Bertz CT molecular complexity index is 616. The molecule has 0 spiro atoms. The van der Waals surface area contributed by atoms with Crippen LogP contribution in [-0.4, -0.2) is 32.8 Å². The standard InChI is InChI=1S/C13H18N4O4/c1-7(8(2)12(19)20)11(18)15-13(21)14-5-10-6-17(4)16-9(10)3/h6H,5H2,1-4H3,(H,19,20)(H2,14,15,18,21). The number of hydrogen-bond donors (Lipinski definition) is 3. The quantitative estimate of drug-likeness (QED) is 0.699. The van der Waals surface area contributed by atoms with Crippen LogP contribution in [0.25, 0.3) is 0 Å². The number of hydrogen-bond acceptors (Lipinski definition) is 4. The SMILES string of the molecule is CC(C(=O)O)=C(C)C(=O)NC(=O)NCc1cn(C)nc1C. The van der Waals surface area contributed by atoms with Gasteiger partial charge in [-0.3, -0.25) is 14.8 Å². The number of aliphatic carboxylic acids is 1. The molecule has 0 atom stereocenters. The third-order valence-corrected chi connectivity index (χ3v) is 3.01. The molecule has 1 aromatic heterocycles. The Morgan fingerprint density at radius 1 is 1.29 bits per heavy atom. The molecule has 0 saturated carbocycles. The lowest BCUT2D eigenvalue weighted by Gasteiger charge is -2.07. The van der Waals surface area contributed by atoms with Crippen molar-refractivity contribution >= 4 is 17.9 Å². The summed E-state index contributed by atoms with van der Waals surface area (Å²) < 4.78 is 1.62. The number of aryl methyl sites for hydroxylation is 2. The van der Waals surface area contributed by atoms with Gasteiger partial charge in [0.2, 0.25) is 0 Å². The molecular weight excluding hydrogens is 276 g/mol. The molecule has 0 aliphatic rings. The number of aromatic nitrogens is 2. The van der Waals surface area contributed by atoms with Gasteiger partial charge in [-0.25, -0.2) is 9.59 Å². The van der Waals surface area contributed by atoms with Gasteiger partial charge in [0.05, 0.1) is 5.69 Å². The first-order chi connectivity index (χ1) is 9.72. The van der Waals surface area contributed by atoms with Crippen LogP contribution in [-0.2, 0) is 23.2 Å². The van der Waals surface area contributed by atoms with Crippen molar-refractivity contribution < 1.29 is 19.5 Å². The van der Waals surface area contributed by atoms with Crippen molar-refractivity contribution in [3.8, 4) is 0 Å². The van der Waals surface area contributed by atoms with Crippen molar-refractivity contribution in [2.75, 3.05) is 0 Å². The predicted molar refractivity (Wildman–Crippen MR) is 74.3 cm³/mol. The Hall–Kier alpha value is -2.64. The number of amides is 3. The highest BCUT2D eigenvalue weighted by atomic mass is 16.4. The molecule has 8 heteroatoms. The number of nitrogens with zero attached hydrogens (tertiary/aromatic N) is 2. The molecule has 8 nitrogen and oxygen atoms in total. The molecule has 21 heavy (non-hydrogen) atoms. The van der Waals surface area contributed by atoms with Crippen LogP contribution in [0, 0.1) is 6.92 Å².